The summed E-state index contributed by atoms with van der Waals surface area (Å²) in [4.78, 5) is 0. The highest BCUT2D eigenvalue weighted by molar-refractivity contribution is 5.48. The molecule has 1 N–H and O–H groups in total. The van der Waals surface area contributed by atoms with E-state index in [1.54, 1.807) is 0 Å². The average molecular weight is 217 g/mol. The van der Waals surface area contributed by atoms with Crippen molar-refractivity contribution >= 4 is 5.52 Å². The molecule has 1 saturated heterocycles. The van der Waals surface area contributed by atoms with E-state index >= 15 is 0 Å². The number of hydrogen-bond donors (Lipinski definition) is 1. The normalized spacial score (nSPS) is 18.3. The molecule has 3 rings (SSSR count). The fourth-order valence-electron chi connectivity index (χ4n) is 1.89. The summed E-state index contributed by atoms with van der Waals surface area (Å²) in [6.07, 6.45) is 1.93. The second-order valence-corrected chi connectivity index (χ2v) is 4.76. The topological polar surface area (TPSA) is 38.6 Å². The molecule has 2 aromatic rings. The SMILES string of the molecule is CC1(COc2cc3ccccn3n2)CNC1. The molecule has 1 aliphatic rings. The van der Waals surface area contributed by atoms with Crippen molar-refractivity contribution in [3.05, 3.63) is 30.5 Å². The molecule has 0 amide bonds. The predicted octanol–water partition coefficient (Wildman–Crippen LogP) is 1.32. The van der Waals surface area contributed by atoms with Crippen molar-refractivity contribution in [3.8, 4) is 5.88 Å². The lowest BCUT2D eigenvalue weighted by Crippen LogP contribution is -2.54. The molecule has 0 radical (unpaired) electrons. The maximum absolute atomic E-state index is 5.73. The molecule has 3 heterocycles. The Labute approximate surface area is 94.2 Å². The number of nitrogens with zero attached hydrogens (tertiary/aromatic N) is 2. The predicted molar refractivity (Wildman–Crippen MR) is 61.7 cm³/mol. The Morgan fingerprint density at radius 3 is 3.06 bits per heavy atom. The summed E-state index contributed by atoms with van der Waals surface area (Å²) >= 11 is 0. The summed E-state index contributed by atoms with van der Waals surface area (Å²) in [5.74, 6) is 0.708. The first-order valence-corrected chi connectivity index (χ1v) is 5.53. The molecule has 4 heteroatoms. The van der Waals surface area contributed by atoms with Crippen LogP contribution in [0.5, 0.6) is 5.88 Å². The van der Waals surface area contributed by atoms with Crippen molar-refractivity contribution in [3.63, 3.8) is 0 Å². The standard InChI is InChI=1S/C12H15N3O/c1-12(7-13-8-12)9-16-11-6-10-4-2-3-5-15(10)14-11/h2-6,13H,7-9H2,1H3. The zero-order valence-corrected chi connectivity index (χ0v) is 9.31. The van der Waals surface area contributed by atoms with E-state index in [0.717, 1.165) is 25.2 Å². The molecule has 1 aliphatic heterocycles. The third kappa shape index (κ3) is 1.65. The van der Waals surface area contributed by atoms with Crippen molar-refractivity contribution in [1.29, 1.82) is 0 Å². The molecule has 2 aromatic heterocycles. The van der Waals surface area contributed by atoms with Crippen LogP contribution >= 0.6 is 0 Å². The monoisotopic (exact) mass is 217 g/mol. The number of nitrogens with one attached hydrogen (secondary N) is 1. The number of fused-ring (bicyclic) bond motifs is 1. The maximum Gasteiger partial charge on any atom is 0.233 e. The van der Waals surface area contributed by atoms with E-state index in [4.69, 9.17) is 4.74 Å². The number of hydrogen-bond acceptors (Lipinski definition) is 3. The van der Waals surface area contributed by atoms with Crippen LogP contribution < -0.4 is 10.1 Å². The molecular weight excluding hydrogens is 202 g/mol. The van der Waals surface area contributed by atoms with E-state index in [0.29, 0.717) is 5.88 Å². The van der Waals surface area contributed by atoms with Crippen LogP contribution in [0.3, 0.4) is 0 Å². The van der Waals surface area contributed by atoms with E-state index in [2.05, 4.69) is 17.3 Å². The highest BCUT2D eigenvalue weighted by atomic mass is 16.5. The van der Waals surface area contributed by atoms with Crippen molar-refractivity contribution in [1.82, 2.24) is 14.9 Å². The van der Waals surface area contributed by atoms with Gasteiger partial charge in [0.15, 0.2) is 0 Å². The molecule has 0 unspecified atom stereocenters. The van der Waals surface area contributed by atoms with Crippen LogP contribution in [-0.4, -0.2) is 29.3 Å². The Morgan fingerprint density at radius 2 is 2.38 bits per heavy atom. The minimum Gasteiger partial charge on any atom is -0.476 e. The number of rotatable bonds is 3. The van der Waals surface area contributed by atoms with Gasteiger partial charge in [0.25, 0.3) is 0 Å². The molecule has 0 saturated carbocycles. The lowest BCUT2D eigenvalue weighted by Gasteiger charge is -2.38. The van der Waals surface area contributed by atoms with Gasteiger partial charge in [0.05, 0.1) is 12.1 Å². The van der Waals surface area contributed by atoms with Crippen LogP contribution in [0.4, 0.5) is 0 Å². The lowest BCUT2D eigenvalue weighted by atomic mass is 9.85. The molecule has 16 heavy (non-hydrogen) atoms. The highest BCUT2D eigenvalue weighted by Gasteiger charge is 2.32. The van der Waals surface area contributed by atoms with Gasteiger partial charge >= 0.3 is 0 Å². The summed E-state index contributed by atoms with van der Waals surface area (Å²) in [6.45, 7) is 5.00. The van der Waals surface area contributed by atoms with E-state index in [-0.39, 0.29) is 5.41 Å². The van der Waals surface area contributed by atoms with Crippen molar-refractivity contribution in [2.45, 2.75) is 6.92 Å². The van der Waals surface area contributed by atoms with Crippen LogP contribution in [0.25, 0.3) is 5.52 Å². The first kappa shape index (κ1) is 9.66. The number of aromatic nitrogens is 2. The zero-order chi connectivity index (χ0) is 11.0. The summed E-state index contributed by atoms with van der Waals surface area (Å²) in [5, 5.41) is 7.61. The highest BCUT2D eigenvalue weighted by Crippen LogP contribution is 2.23. The molecule has 84 valence electrons. The Kier molecular flexibility index (Phi) is 2.11. The third-order valence-electron chi connectivity index (χ3n) is 3.02. The van der Waals surface area contributed by atoms with Crippen LogP contribution in [0.1, 0.15) is 6.92 Å². The van der Waals surface area contributed by atoms with Gasteiger partial charge in [0.1, 0.15) is 0 Å². The molecule has 0 spiro atoms. The van der Waals surface area contributed by atoms with Gasteiger partial charge in [-0.2, -0.15) is 0 Å². The van der Waals surface area contributed by atoms with E-state index < -0.39 is 0 Å². The minimum atomic E-state index is 0.274. The Bertz CT molecular complexity index is 469. The van der Waals surface area contributed by atoms with Crippen molar-refractivity contribution in [2.75, 3.05) is 19.7 Å². The van der Waals surface area contributed by atoms with E-state index in [1.165, 1.54) is 0 Å². The molecule has 0 aliphatic carbocycles. The molecule has 0 aromatic carbocycles. The van der Waals surface area contributed by atoms with Crippen molar-refractivity contribution in [2.24, 2.45) is 5.41 Å². The number of ether oxygens (including phenoxy) is 1. The maximum atomic E-state index is 5.73. The van der Waals surface area contributed by atoms with Gasteiger partial charge in [-0.05, 0) is 12.1 Å². The Morgan fingerprint density at radius 1 is 1.50 bits per heavy atom. The van der Waals surface area contributed by atoms with Crippen LogP contribution in [-0.2, 0) is 0 Å². The van der Waals surface area contributed by atoms with E-state index in [1.807, 2.05) is 35.0 Å². The molecule has 1 fully saturated rings. The summed E-state index contributed by atoms with van der Waals surface area (Å²) in [5.41, 5.74) is 1.34. The zero-order valence-electron chi connectivity index (χ0n) is 9.31. The summed E-state index contributed by atoms with van der Waals surface area (Å²) < 4.78 is 7.56. The number of pyridine rings is 1. The van der Waals surface area contributed by atoms with Crippen LogP contribution in [0.2, 0.25) is 0 Å². The average Bonchev–Trinajstić information content (AvgIpc) is 2.66. The van der Waals surface area contributed by atoms with Crippen LogP contribution in [0.15, 0.2) is 30.5 Å². The summed E-state index contributed by atoms with van der Waals surface area (Å²) in [6, 6.07) is 7.95. The van der Waals surface area contributed by atoms with Gasteiger partial charge in [-0.25, -0.2) is 4.52 Å². The van der Waals surface area contributed by atoms with E-state index in [9.17, 15) is 0 Å². The van der Waals surface area contributed by atoms with Crippen LogP contribution in [0, 0.1) is 5.41 Å². The van der Waals surface area contributed by atoms with Gasteiger partial charge in [-0.15, -0.1) is 5.10 Å². The van der Waals surface area contributed by atoms with Crippen molar-refractivity contribution < 1.29 is 4.74 Å². The molecular formula is C12H15N3O. The molecule has 4 nitrogen and oxygen atoms in total. The lowest BCUT2D eigenvalue weighted by molar-refractivity contribution is 0.0986. The largest absolute Gasteiger partial charge is 0.476 e. The van der Waals surface area contributed by atoms with Gasteiger partial charge in [-0.3, -0.25) is 0 Å². The minimum absolute atomic E-state index is 0.274. The smallest absolute Gasteiger partial charge is 0.233 e. The first-order chi connectivity index (χ1) is 7.75. The molecule has 0 bridgehead atoms. The first-order valence-electron chi connectivity index (χ1n) is 5.53. The second-order valence-electron chi connectivity index (χ2n) is 4.76. The Balaban J connectivity index is 1.74. The Hall–Kier alpha value is -1.55. The fraction of sp³-hybridized carbons (Fsp3) is 0.417. The van der Waals surface area contributed by atoms with Gasteiger partial charge in [-0.1, -0.05) is 13.0 Å². The van der Waals surface area contributed by atoms with Gasteiger partial charge < -0.3 is 10.1 Å². The third-order valence-corrected chi connectivity index (χ3v) is 3.02. The van der Waals surface area contributed by atoms with Gasteiger partial charge in [0.2, 0.25) is 5.88 Å². The quantitative estimate of drug-likeness (QED) is 0.842. The second kappa shape index (κ2) is 3.49. The summed E-state index contributed by atoms with van der Waals surface area (Å²) in [7, 11) is 0. The molecule has 0 atom stereocenters. The fourth-order valence-corrected chi connectivity index (χ4v) is 1.89. The van der Waals surface area contributed by atoms with Gasteiger partial charge in [0, 0.05) is 30.8 Å².